The lowest BCUT2D eigenvalue weighted by Gasteiger charge is -2.32. The summed E-state index contributed by atoms with van der Waals surface area (Å²) < 4.78 is 42.3. The van der Waals surface area contributed by atoms with E-state index in [4.69, 9.17) is 0 Å². The second-order valence-electron chi connectivity index (χ2n) is 7.88. The number of nitrogens with one attached hydrogen (secondary N) is 1. The molecule has 1 fully saturated rings. The van der Waals surface area contributed by atoms with Crippen molar-refractivity contribution in [3.05, 3.63) is 47.5 Å². The highest BCUT2D eigenvalue weighted by molar-refractivity contribution is 5.85. The van der Waals surface area contributed by atoms with Crippen LogP contribution in [0.1, 0.15) is 50.8 Å². The van der Waals surface area contributed by atoms with E-state index in [0.29, 0.717) is 5.56 Å². The summed E-state index contributed by atoms with van der Waals surface area (Å²) >= 11 is 0. The Hall–Kier alpha value is -2.08. The van der Waals surface area contributed by atoms with Gasteiger partial charge in [0.1, 0.15) is 6.04 Å². The van der Waals surface area contributed by atoms with E-state index in [9.17, 15) is 18.0 Å². The number of amides is 1. The Morgan fingerprint density at radius 1 is 1.08 bits per heavy atom. The smallest absolute Gasteiger partial charge is 0.287 e. The maximum atomic E-state index is 14.1. The monoisotopic (exact) mass is 364 g/mol. The number of carbonyl (C=O) groups is 1. The van der Waals surface area contributed by atoms with Crippen molar-refractivity contribution < 1.29 is 18.0 Å². The van der Waals surface area contributed by atoms with Gasteiger partial charge in [0, 0.05) is 6.54 Å². The summed E-state index contributed by atoms with van der Waals surface area (Å²) in [6, 6.07) is 8.95. The molecule has 1 aliphatic rings. The van der Waals surface area contributed by atoms with E-state index in [1.165, 1.54) is 0 Å². The number of benzene rings is 2. The zero-order chi connectivity index (χ0) is 19.3. The Morgan fingerprint density at radius 2 is 1.62 bits per heavy atom. The molecule has 0 aliphatic carbocycles. The second-order valence-corrected chi connectivity index (χ2v) is 7.88. The van der Waals surface area contributed by atoms with Crippen LogP contribution in [0.5, 0.6) is 0 Å². The molecule has 1 aliphatic heterocycles. The summed E-state index contributed by atoms with van der Waals surface area (Å²) in [4.78, 5) is 12.1. The van der Waals surface area contributed by atoms with Gasteiger partial charge in [0.05, 0.1) is 5.41 Å². The lowest BCUT2D eigenvalue weighted by atomic mass is 9.88. The van der Waals surface area contributed by atoms with Crippen molar-refractivity contribution in [1.82, 2.24) is 10.4 Å². The average molecular weight is 364 g/mol. The molecule has 1 atom stereocenters. The largest absolute Gasteiger partial charge is 0.409 e. The molecule has 0 saturated carbocycles. The van der Waals surface area contributed by atoms with Crippen molar-refractivity contribution in [2.24, 2.45) is 5.41 Å². The SMILES string of the molecule is CC(C)c1cc2ccccc2cc1C(N1CC(C)(C)C(=O)N1)C(F)(F)F. The molecule has 0 spiro atoms. The molecular formula is C20H23F3N2O. The van der Waals surface area contributed by atoms with Crippen LogP contribution in [-0.4, -0.2) is 23.6 Å². The average Bonchev–Trinajstić information content (AvgIpc) is 2.78. The van der Waals surface area contributed by atoms with Crippen molar-refractivity contribution in [3.8, 4) is 0 Å². The van der Waals surface area contributed by atoms with Gasteiger partial charge in [0.25, 0.3) is 0 Å². The number of halogens is 3. The first-order valence-electron chi connectivity index (χ1n) is 8.68. The van der Waals surface area contributed by atoms with E-state index in [-0.39, 0.29) is 18.0 Å². The predicted molar refractivity (Wildman–Crippen MR) is 95.5 cm³/mol. The maximum absolute atomic E-state index is 14.1. The first-order valence-corrected chi connectivity index (χ1v) is 8.68. The Kier molecular flexibility index (Phi) is 4.51. The Morgan fingerprint density at radius 3 is 2.04 bits per heavy atom. The molecule has 1 N–H and O–H groups in total. The van der Waals surface area contributed by atoms with E-state index in [2.05, 4.69) is 5.43 Å². The van der Waals surface area contributed by atoms with Crippen LogP contribution in [0.25, 0.3) is 10.8 Å². The topological polar surface area (TPSA) is 32.3 Å². The molecule has 3 rings (SSSR count). The minimum atomic E-state index is -4.51. The zero-order valence-electron chi connectivity index (χ0n) is 15.3. The van der Waals surface area contributed by atoms with Crippen molar-refractivity contribution >= 4 is 16.7 Å². The molecule has 0 bridgehead atoms. The van der Waals surface area contributed by atoms with Gasteiger partial charge in [-0.05, 0) is 47.7 Å². The van der Waals surface area contributed by atoms with Gasteiger partial charge in [0.2, 0.25) is 5.91 Å². The second kappa shape index (κ2) is 6.27. The molecule has 0 radical (unpaired) electrons. The number of fused-ring (bicyclic) bond motifs is 1. The quantitative estimate of drug-likeness (QED) is 0.837. The fourth-order valence-electron chi connectivity index (χ4n) is 3.51. The number of hydrogen-bond acceptors (Lipinski definition) is 2. The van der Waals surface area contributed by atoms with Gasteiger partial charge in [-0.3, -0.25) is 10.2 Å². The number of rotatable bonds is 3. The zero-order valence-corrected chi connectivity index (χ0v) is 15.3. The molecule has 140 valence electrons. The fourth-order valence-corrected chi connectivity index (χ4v) is 3.51. The molecule has 26 heavy (non-hydrogen) atoms. The first-order chi connectivity index (χ1) is 12.0. The fraction of sp³-hybridized carbons (Fsp3) is 0.450. The molecule has 1 saturated heterocycles. The van der Waals surface area contributed by atoms with E-state index < -0.39 is 23.5 Å². The summed E-state index contributed by atoms with van der Waals surface area (Å²) in [5.74, 6) is -0.468. The highest BCUT2D eigenvalue weighted by Gasteiger charge is 2.51. The standard InChI is InChI=1S/C20H23F3N2O/c1-12(2)15-9-13-7-5-6-8-14(13)10-16(15)17(20(21,22)23)25-11-19(3,4)18(26)24-25/h5-10,12,17H,11H2,1-4H3,(H,24,26). The van der Waals surface area contributed by atoms with Gasteiger partial charge in [-0.1, -0.05) is 44.2 Å². The van der Waals surface area contributed by atoms with Crippen molar-refractivity contribution in [1.29, 1.82) is 0 Å². The normalized spacial score (nSPS) is 19.2. The number of carbonyl (C=O) groups excluding carboxylic acids is 1. The molecular weight excluding hydrogens is 341 g/mol. The van der Waals surface area contributed by atoms with E-state index in [1.807, 2.05) is 44.2 Å². The number of hydrazine groups is 1. The van der Waals surface area contributed by atoms with Gasteiger partial charge in [0.15, 0.2) is 0 Å². The van der Waals surface area contributed by atoms with Crippen LogP contribution in [-0.2, 0) is 4.79 Å². The Balaban J connectivity index is 2.18. The summed E-state index contributed by atoms with van der Waals surface area (Å²) in [6.07, 6.45) is -4.51. The summed E-state index contributed by atoms with van der Waals surface area (Å²) in [5.41, 5.74) is 2.42. The van der Waals surface area contributed by atoms with Crippen LogP contribution in [0, 0.1) is 5.41 Å². The molecule has 6 heteroatoms. The molecule has 2 aromatic rings. The molecule has 1 heterocycles. The van der Waals surface area contributed by atoms with Crippen LogP contribution in [0.3, 0.4) is 0 Å². The van der Waals surface area contributed by atoms with E-state index >= 15 is 0 Å². The van der Waals surface area contributed by atoms with Crippen LogP contribution in [0.4, 0.5) is 13.2 Å². The third-order valence-corrected chi connectivity index (χ3v) is 4.92. The summed E-state index contributed by atoms with van der Waals surface area (Å²) in [7, 11) is 0. The number of alkyl halides is 3. The third-order valence-electron chi connectivity index (χ3n) is 4.92. The van der Waals surface area contributed by atoms with E-state index in [0.717, 1.165) is 15.8 Å². The molecule has 1 unspecified atom stereocenters. The minimum Gasteiger partial charge on any atom is -0.287 e. The van der Waals surface area contributed by atoms with Gasteiger partial charge >= 0.3 is 6.18 Å². The third kappa shape index (κ3) is 3.30. The van der Waals surface area contributed by atoms with Crippen molar-refractivity contribution in [2.45, 2.75) is 45.8 Å². The van der Waals surface area contributed by atoms with Gasteiger partial charge < -0.3 is 0 Å². The molecule has 2 aromatic carbocycles. The number of nitrogens with zero attached hydrogens (tertiary/aromatic N) is 1. The summed E-state index contributed by atoms with van der Waals surface area (Å²) in [6.45, 7) is 7.07. The highest BCUT2D eigenvalue weighted by atomic mass is 19.4. The highest BCUT2D eigenvalue weighted by Crippen LogP contribution is 2.43. The van der Waals surface area contributed by atoms with Crippen LogP contribution >= 0.6 is 0 Å². The lowest BCUT2D eigenvalue weighted by molar-refractivity contribution is -0.191. The van der Waals surface area contributed by atoms with Crippen LogP contribution < -0.4 is 5.43 Å². The molecule has 3 nitrogen and oxygen atoms in total. The number of hydrogen-bond donors (Lipinski definition) is 1. The predicted octanol–water partition coefficient (Wildman–Crippen LogP) is 4.94. The molecule has 0 aromatic heterocycles. The van der Waals surface area contributed by atoms with E-state index in [1.54, 1.807) is 19.9 Å². The summed E-state index contributed by atoms with van der Waals surface area (Å²) in [5, 5.41) is 2.70. The Bertz CT molecular complexity index is 843. The molecule has 1 amide bonds. The van der Waals surface area contributed by atoms with Gasteiger partial charge in [-0.15, -0.1) is 0 Å². The maximum Gasteiger partial charge on any atom is 0.409 e. The Labute approximate surface area is 151 Å². The lowest BCUT2D eigenvalue weighted by Crippen LogP contribution is -2.44. The van der Waals surface area contributed by atoms with Gasteiger partial charge in [-0.25, -0.2) is 5.01 Å². The first kappa shape index (κ1) is 18.7. The van der Waals surface area contributed by atoms with Gasteiger partial charge in [-0.2, -0.15) is 13.2 Å². The van der Waals surface area contributed by atoms with Crippen LogP contribution in [0.15, 0.2) is 36.4 Å². The van der Waals surface area contributed by atoms with Crippen molar-refractivity contribution in [2.75, 3.05) is 6.54 Å². The van der Waals surface area contributed by atoms with Crippen LogP contribution in [0.2, 0.25) is 0 Å². The minimum absolute atomic E-state index is 0.000369. The van der Waals surface area contributed by atoms with Crippen molar-refractivity contribution in [3.63, 3.8) is 0 Å².